The topological polar surface area (TPSA) is 76.0 Å². The van der Waals surface area contributed by atoms with E-state index in [1.807, 2.05) is 19.9 Å². The number of nitrogens with zero attached hydrogens (tertiary/aromatic N) is 2. The fourth-order valence-corrected chi connectivity index (χ4v) is 4.28. The van der Waals surface area contributed by atoms with Crippen LogP contribution in [0.2, 0.25) is 5.02 Å². The van der Waals surface area contributed by atoms with Gasteiger partial charge in [-0.3, -0.25) is 14.3 Å². The van der Waals surface area contributed by atoms with E-state index < -0.39 is 30.0 Å². The first-order valence-electron chi connectivity index (χ1n) is 10.5. The van der Waals surface area contributed by atoms with E-state index >= 15 is 0 Å². The van der Waals surface area contributed by atoms with Gasteiger partial charge in [-0.05, 0) is 64.3 Å². The van der Waals surface area contributed by atoms with Gasteiger partial charge in [-0.2, -0.15) is 18.3 Å². The van der Waals surface area contributed by atoms with Crippen LogP contribution in [0.15, 0.2) is 24.3 Å². The predicted molar refractivity (Wildman–Crippen MR) is 117 cm³/mol. The quantitative estimate of drug-likeness (QED) is 0.592. The molecule has 1 aromatic heterocycles. The molecule has 32 heavy (non-hydrogen) atoms. The highest BCUT2D eigenvalue weighted by molar-refractivity contribution is 6.34. The van der Waals surface area contributed by atoms with Gasteiger partial charge >= 0.3 is 6.18 Å². The van der Waals surface area contributed by atoms with Gasteiger partial charge in [-0.1, -0.05) is 18.0 Å². The first-order chi connectivity index (χ1) is 15.0. The van der Waals surface area contributed by atoms with Crippen LogP contribution in [0.5, 0.6) is 0 Å². The number of halogens is 4. The Morgan fingerprint density at radius 3 is 2.50 bits per heavy atom. The van der Waals surface area contributed by atoms with Crippen LogP contribution in [-0.4, -0.2) is 27.8 Å². The van der Waals surface area contributed by atoms with E-state index in [1.54, 1.807) is 23.7 Å². The molecule has 1 aromatic carbocycles. The highest BCUT2D eigenvalue weighted by Gasteiger charge is 2.43. The third-order valence-electron chi connectivity index (χ3n) is 5.79. The van der Waals surface area contributed by atoms with Gasteiger partial charge in [0, 0.05) is 17.3 Å². The lowest BCUT2D eigenvalue weighted by Crippen LogP contribution is -2.34. The van der Waals surface area contributed by atoms with Crippen molar-refractivity contribution in [2.45, 2.75) is 58.7 Å². The van der Waals surface area contributed by atoms with Crippen molar-refractivity contribution in [1.82, 2.24) is 9.78 Å². The lowest BCUT2D eigenvalue weighted by atomic mass is 9.80. The second-order valence-electron chi connectivity index (χ2n) is 8.32. The smallest absolute Gasteiger partial charge is 0.326 e. The molecule has 1 fully saturated rings. The summed E-state index contributed by atoms with van der Waals surface area (Å²) in [6.07, 6.45) is -3.65. The molecule has 0 bridgehead atoms. The molecule has 0 radical (unpaired) electrons. The summed E-state index contributed by atoms with van der Waals surface area (Å²) in [6, 6.07) is 5.87. The number of aromatic nitrogens is 2. The Bertz CT molecular complexity index is 1010. The second kappa shape index (κ2) is 9.52. The molecule has 1 aliphatic rings. The number of alkyl halides is 3. The normalized spacial score (nSPS) is 20.0. The van der Waals surface area contributed by atoms with Crippen LogP contribution in [0.25, 0.3) is 0 Å². The molecular formula is C22H26ClF3N4O2. The number of nitrogens with one attached hydrogen (secondary N) is 2. The first-order valence-corrected chi connectivity index (χ1v) is 10.8. The number of aryl methyl sites for hydroxylation is 2. The van der Waals surface area contributed by atoms with Gasteiger partial charge in [0.15, 0.2) is 0 Å². The van der Waals surface area contributed by atoms with E-state index in [0.717, 1.165) is 11.4 Å². The van der Waals surface area contributed by atoms with Crippen molar-refractivity contribution in [3.8, 4) is 0 Å². The van der Waals surface area contributed by atoms with Gasteiger partial charge in [-0.15, -0.1) is 0 Å². The fraction of sp³-hybridized carbons (Fsp3) is 0.500. The van der Waals surface area contributed by atoms with Gasteiger partial charge in [0.25, 0.3) is 0 Å². The van der Waals surface area contributed by atoms with Crippen LogP contribution in [0.1, 0.15) is 50.0 Å². The predicted octanol–water partition coefficient (Wildman–Crippen LogP) is 5.66. The number of carbonyl (C=O) groups excluding carboxylic acids is 2. The van der Waals surface area contributed by atoms with Gasteiger partial charge < -0.3 is 10.6 Å². The molecule has 3 unspecified atom stereocenters. The number of hydrogen-bond acceptors (Lipinski definition) is 3. The standard InChI is InChI=1S/C22H26ClF3N4O2/c1-12-9-13(2)30(29-12)14(3)20(31)28-19-8-7-17(11-18(19)23)27-21(32)15-5-4-6-16(10-15)22(24,25)26/h7-9,11,14-16H,4-6,10H2,1-3H3,(H,27,32)(H,28,31). The average molecular weight is 471 g/mol. The zero-order valence-electron chi connectivity index (χ0n) is 18.1. The van der Waals surface area contributed by atoms with Gasteiger partial charge in [0.2, 0.25) is 11.8 Å². The van der Waals surface area contributed by atoms with Crippen LogP contribution in [0, 0.1) is 25.7 Å². The molecule has 174 valence electrons. The molecule has 1 saturated carbocycles. The summed E-state index contributed by atoms with van der Waals surface area (Å²) in [5.74, 6) is -2.91. The Morgan fingerprint density at radius 1 is 1.19 bits per heavy atom. The van der Waals surface area contributed by atoms with E-state index in [9.17, 15) is 22.8 Å². The highest BCUT2D eigenvalue weighted by atomic mass is 35.5. The Labute approximate surface area is 189 Å². The molecule has 10 heteroatoms. The summed E-state index contributed by atoms with van der Waals surface area (Å²) in [4.78, 5) is 25.1. The molecule has 0 spiro atoms. The van der Waals surface area contributed by atoms with Crippen molar-refractivity contribution in [3.63, 3.8) is 0 Å². The van der Waals surface area contributed by atoms with Crippen molar-refractivity contribution in [1.29, 1.82) is 0 Å². The largest absolute Gasteiger partial charge is 0.391 e. The molecule has 1 heterocycles. The molecule has 3 rings (SSSR count). The van der Waals surface area contributed by atoms with E-state index in [0.29, 0.717) is 24.2 Å². The van der Waals surface area contributed by atoms with E-state index in [4.69, 9.17) is 11.6 Å². The third kappa shape index (κ3) is 5.62. The maximum atomic E-state index is 13.0. The van der Waals surface area contributed by atoms with Crippen LogP contribution in [-0.2, 0) is 9.59 Å². The molecule has 0 saturated heterocycles. The molecular weight excluding hydrogens is 445 g/mol. The maximum absolute atomic E-state index is 13.0. The van der Waals surface area contributed by atoms with Gasteiger partial charge in [0.1, 0.15) is 6.04 Å². The van der Waals surface area contributed by atoms with E-state index in [1.165, 1.54) is 6.07 Å². The Hall–Kier alpha value is -2.55. The second-order valence-corrected chi connectivity index (χ2v) is 8.73. The molecule has 6 nitrogen and oxygen atoms in total. The van der Waals surface area contributed by atoms with Crippen LogP contribution in [0.4, 0.5) is 24.5 Å². The zero-order chi connectivity index (χ0) is 23.6. The van der Waals surface area contributed by atoms with Gasteiger partial charge in [-0.25, -0.2) is 0 Å². The van der Waals surface area contributed by atoms with Gasteiger partial charge in [0.05, 0.1) is 22.3 Å². The van der Waals surface area contributed by atoms with E-state index in [2.05, 4.69) is 15.7 Å². The summed E-state index contributed by atoms with van der Waals surface area (Å²) in [5, 5.41) is 9.90. The summed E-state index contributed by atoms with van der Waals surface area (Å²) < 4.78 is 40.6. The zero-order valence-corrected chi connectivity index (χ0v) is 18.8. The van der Waals surface area contributed by atoms with Crippen molar-refractivity contribution in [2.24, 2.45) is 11.8 Å². The molecule has 2 N–H and O–H groups in total. The number of rotatable bonds is 5. The van der Waals surface area contributed by atoms with Crippen LogP contribution < -0.4 is 10.6 Å². The number of anilines is 2. The molecule has 2 amide bonds. The summed E-state index contributed by atoms with van der Waals surface area (Å²) in [6.45, 7) is 5.42. The molecule has 0 aliphatic heterocycles. The SMILES string of the molecule is Cc1cc(C)n(C(C)C(=O)Nc2ccc(NC(=O)C3CCCC(C(F)(F)F)C3)cc2Cl)n1. The van der Waals surface area contributed by atoms with Crippen molar-refractivity contribution in [2.75, 3.05) is 10.6 Å². The van der Waals surface area contributed by atoms with Crippen molar-refractivity contribution in [3.05, 3.63) is 40.7 Å². The monoisotopic (exact) mass is 470 g/mol. The van der Waals surface area contributed by atoms with Crippen molar-refractivity contribution < 1.29 is 22.8 Å². The number of carbonyl (C=O) groups is 2. The highest BCUT2D eigenvalue weighted by Crippen LogP contribution is 2.40. The van der Waals surface area contributed by atoms with E-state index in [-0.39, 0.29) is 23.8 Å². The first kappa shape index (κ1) is 24.1. The maximum Gasteiger partial charge on any atom is 0.391 e. The number of benzene rings is 1. The average Bonchev–Trinajstić information content (AvgIpc) is 3.06. The Morgan fingerprint density at radius 2 is 1.91 bits per heavy atom. The third-order valence-corrected chi connectivity index (χ3v) is 6.11. The summed E-state index contributed by atoms with van der Waals surface area (Å²) >= 11 is 6.27. The lowest BCUT2D eigenvalue weighted by molar-refractivity contribution is -0.185. The Kier molecular flexibility index (Phi) is 7.17. The lowest BCUT2D eigenvalue weighted by Gasteiger charge is -2.29. The molecule has 3 atom stereocenters. The minimum atomic E-state index is -4.29. The summed E-state index contributed by atoms with van der Waals surface area (Å²) in [7, 11) is 0. The Balaban J connectivity index is 1.63. The molecule has 1 aliphatic carbocycles. The van der Waals surface area contributed by atoms with Crippen molar-refractivity contribution >= 4 is 34.8 Å². The number of amides is 2. The number of hydrogen-bond donors (Lipinski definition) is 2. The minimum Gasteiger partial charge on any atom is -0.326 e. The van der Waals surface area contributed by atoms with Crippen LogP contribution in [0.3, 0.4) is 0 Å². The summed E-state index contributed by atoms with van der Waals surface area (Å²) in [5.41, 5.74) is 2.38. The molecule has 2 aromatic rings. The minimum absolute atomic E-state index is 0.0591. The fourth-order valence-electron chi connectivity index (χ4n) is 4.05. The van der Waals surface area contributed by atoms with Crippen LogP contribution >= 0.6 is 11.6 Å².